The van der Waals surface area contributed by atoms with Crippen LogP contribution in [0.2, 0.25) is 0 Å². The van der Waals surface area contributed by atoms with E-state index in [2.05, 4.69) is 10.3 Å². The van der Waals surface area contributed by atoms with E-state index in [0.29, 0.717) is 13.0 Å². The smallest absolute Gasteiger partial charge is 0.287 e. The molecule has 0 aliphatic carbocycles. The van der Waals surface area contributed by atoms with Crippen LogP contribution in [-0.2, 0) is 0 Å². The molecule has 7 heteroatoms. The van der Waals surface area contributed by atoms with Gasteiger partial charge in [-0.3, -0.25) is 15.1 Å². The molecule has 2 atom stereocenters. The molecule has 1 aromatic heterocycles. The van der Waals surface area contributed by atoms with E-state index < -0.39 is 17.1 Å². The highest BCUT2D eigenvalue weighted by atomic mass is 16.6. The first-order valence-electron chi connectivity index (χ1n) is 5.17. The van der Waals surface area contributed by atoms with Crippen molar-refractivity contribution in [2.45, 2.75) is 18.6 Å². The Balaban J connectivity index is 2.68. The number of hydrogen-bond acceptors (Lipinski definition) is 6. The number of rotatable bonds is 6. The third kappa shape index (κ3) is 3.74. The fraction of sp³-hybridized carbons (Fsp3) is 0.500. The first-order chi connectivity index (χ1) is 8.06. The van der Waals surface area contributed by atoms with Crippen molar-refractivity contribution in [2.75, 3.05) is 13.6 Å². The fourth-order valence-corrected chi connectivity index (χ4v) is 1.33. The van der Waals surface area contributed by atoms with Crippen LogP contribution < -0.4 is 5.32 Å². The summed E-state index contributed by atoms with van der Waals surface area (Å²) in [6, 6.07) is 2.59. The van der Waals surface area contributed by atoms with Crippen molar-refractivity contribution >= 4 is 5.69 Å². The molecule has 1 rings (SSSR count). The Bertz CT molecular complexity index is 368. The van der Waals surface area contributed by atoms with Crippen LogP contribution >= 0.6 is 0 Å². The maximum atomic E-state index is 10.4. The summed E-state index contributed by atoms with van der Waals surface area (Å²) in [5.74, 6) is 0. The van der Waals surface area contributed by atoms with Crippen molar-refractivity contribution in [2.24, 2.45) is 0 Å². The minimum atomic E-state index is -1.14. The third-order valence-corrected chi connectivity index (χ3v) is 2.34. The molecule has 7 nitrogen and oxygen atoms in total. The lowest BCUT2D eigenvalue weighted by atomic mass is 10.1. The Kier molecular flexibility index (Phi) is 4.95. The average molecular weight is 241 g/mol. The molecule has 0 bridgehead atoms. The van der Waals surface area contributed by atoms with Crippen molar-refractivity contribution in [1.29, 1.82) is 0 Å². The molecule has 0 amide bonds. The predicted octanol–water partition coefficient (Wildman–Crippen LogP) is -0.00640. The second-order valence-corrected chi connectivity index (χ2v) is 3.60. The van der Waals surface area contributed by atoms with Gasteiger partial charge in [-0.15, -0.1) is 0 Å². The minimum Gasteiger partial charge on any atom is -0.390 e. The Morgan fingerprint density at radius 3 is 2.71 bits per heavy atom. The number of hydrogen-bond donors (Lipinski definition) is 3. The predicted molar refractivity (Wildman–Crippen MR) is 60.4 cm³/mol. The number of pyridine rings is 1. The summed E-state index contributed by atoms with van der Waals surface area (Å²) in [5, 5.41) is 32.6. The lowest BCUT2D eigenvalue weighted by Crippen LogP contribution is -2.23. The Labute approximate surface area is 98.3 Å². The second kappa shape index (κ2) is 6.24. The number of nitrogens with one attached hydrogen (secondary N) is 1. The van der Waals surface area contributed by atoms with Gasteiger partial charge in [0.05, 0.1) is 16.7 Å². The molecule has 0 fully saturated rings. The molecular formula is C10H15N3O4. The molecule has 0 spiro atoms. The third-order valence-electron chi connectivity index (χ3n) is 2.34. The normalized spacial score (nSPS) is 14.3. The van der Waals surface area contributed by atoms with E-state index in [-0.39, 0.29) is 11.4 Å². The zero-order valence-corrected chi connectivity index (χ0v) is 9.41. The number of aliphatic hydroxyl groups excluding tert-OH is 2. The molecular weight excluding hydrogens is 226 g/mol. The van der Waals surface area contributed by atoms with Gasteiger partial charge in [-0.1, -0.05) is 0 Å². The van der Waals surface area contributed by atoms with Crippen LogP contribution in [0.5, 0.6) is 0 Å². The van der Waals surface area contributed by atoms with Crippen molar-refractivity contribution in [3.8, 4) is 0 Å². The first-order valence-corrected chi connectivity index (χ1v) is 5.17. The van der Waals surface area contributed by atoms with Crippen LogP contribution in [0.25, 0.3) is 0 Å². The number of aromatic nitrogens is 1. The minimum absolute atomic E-state index is 0.148. The highest BCUT2D eigenvalue weighted by Gasteiger charge is 2.19. The van der Waals surface area contributed by atoms with Gasteiger partial charge < -0.3 is 15.5 Å². The van der Waals surface area contributed by atoms with E-state index >= 15 is 0 Å². The molecule has 0 saturated heterocycles. The van der Waals surface area contributed by atoms with Gasteiger partial charge in [0.25, 0.3) is 5.69 Å². The zero-order chi connectivity index (χ0) is 12.8. The second-order valence-electron chi connectivity index (χ2n) is 3.60. The van der Waals surface area contributed by atoms with Gasteiger partial charge in [0, 0.05) is 6.07 Å². The van der Waals surface area contributed by atoms with E-state index in [0.717, 1.165) is 6.20 Å². The molecule has 1 heterocycles. The Morgan fingerprint density at radius 2 is 2.24 bits per heavy atom. The van der Waals surface area contributed by atoms with Gasteiger partial charge in [0.1, 0.15) is 12.3 Å². The molecule has 3 N–H and O–H groups in total. The SMILES string of the molecule is CNCCC(O)C(O)c1ccc([N+](=O)[O-])cn1. The molecule has 0 aliphatic heterocycles. The summed E-state index contributed by atoms with van der Waals surface area (Å²) in [4.78, 5) is 13.6. The van der Waals surface area contributed by atoms with E-state index in [1.807, 2.05) is 0 Å². The maximum Gasteiger partial charge on any atom is 0.287 e. The van der Waals surface area contributed by atoms with Crippen LogP contribution in [0.4, 0.5) is 5.69 Å². The van der Waals surface area contributed by atoms with Crippen molar-refractivity contribution in [1.82, 2.24) is 10.3 Å². The number of aliphatic hydroxyl groups is 2. The quantitative estimate of drug-likeness (QED) is 0.477. The first kappa shape index (κ1) is 13.5. The summed E-state index contributed by atoms with van der Waals surface area (Å²) >= 11 is 0. The van der Waals surface area contributed by atoms with E-state index in [1.165, 1.54) is 12.1 Å². The summed E-state index contributed by atoms with van der Waals surface area (Å²) < 4.78 is 0. The zero-order valence-electron chi connectivity index (χ0n) is 9.41. The highest BCUT2D eigenvalue weighted by Crippen LogP contribution is 2.18. The highest BCUT2D eigenvalue weighted by molar-refractivity contribution is 5.27. The monoisotopic (exact) mass is 241 g/mol. The van der Waals surface area contributed by atoms with Gasteiger partial charge in [-0.2, -0.15) is 0 Å². The number of nitro groups is 1. The van der Waals surface area contributed by atoms with Crippen LogP contribution in [0, 0.1) is 10.1 Å². The van der Waals surface area contributed by atoms with E-state index in [9.17, 15) is 20.3 Å². The van der Waals surface area contributed by atoms with Crippen LogP contribution in [0.1, 0.15) is 18.2 Å². The van der Waals surface area contributed by atoms with E-state index in [4.69, 9.17) is 0 Å². The molecule has 94 valence electrons. The molecule has 0 radical (unpaired) electrons. The lowest BCUT2D eigenvalue weighted by molar-refractivity contribution is -0.385. The summed E-state index contributed by atoms with van der Waals surface area (Å²) in [6.45, 7) is 0.561. The number of nitrogens with zero attached hydrogens (tertiary/aromatic N) is 2. The molecule has 1 aromatic rings. The van der Waals surface area contributed by atoms with Gasteiger partial charge in [0.15, 0.2) is 0 Å². The van der Waals surface area contributed by atoms with Crippen LogP contribution in [-0.4, -0.2) is 39.8 Å². The van der Waals surface area contributed by atoms with Gasteiger partial charge >= 0.3 is 0 Å². The Morgan fingerprint density at radius 1 is 1.53 bits per heavy atom. The van der Waals surface area contributed by atoms with Crippen molar-refractivity contribution in [3.63, 3.8) is 0 Å². The topological polar surface area (TPSA) is 109 Å². The van der Waals surface area contributed by atoms with Gasteiger partial charge in [0.2, 0.25) is 0 Å². The molecule has 2 unspecified atom stereocenters. The summed E-state index contributed by atoms with van der Waals surface area (Å²) in [5.41, 5.74) is 0.0740. The molecule has 0 aliphatic rings. The molecule has 0 aromatic carbocycles. The molecule has 0 saturated carbocycles. The standard InChI is InChI=1S/C10H15N3O4/c1-11-5-4-9(14)10(15)8-3-2-7(6-12-8)13(16)17/h2-3,6,9-11,14-15H,4-5H2,1H3. The maximum absolute atomic E-state index is 10.4. The van der Waals surface area contributed by atoms with Gasteiger partial charge in [-0.25, -0.2) is 0 Å². The van der Waals surface area contributed by atoms with Gasteiger partial charge in [-0.05, 0) is 26.1 Å². The van der Waals surface area contributed by atoms with Crippen LogP contribution in [0.15, 0.2) is 18.3 Å². The van der Waals surface area contributed by atoms with Crippen molar-refractivity contribution in [3.05, 3.63) is 34.1 Å². The van der Waals surface area contributed by atoms with Crippen molar-refractivity contribution < 1.29 is 15.1 Å². The summed E-state index contributed by atoms with van der Waals surface area (Å²) in [6.07, 6.45) is -0.653. The Hall–Kier alpha value is -1.57. The van der Waals surface area contributed by atoms with E-state index in [1.54, 1.807) is 7.05 Å². The molecule has 17 heavy (non-hydrogen) atoms. The van der Waals surface area contributed by atoms with Crippen LogP contribution in [0.3, 0.4) is 0 Å². The fourth-order valence-electron chi connectivity index (χ4n) is 1.33. The summed E-state index contributed by atoms with van der Waals surface area (Å²) in [7, 11) is 1.74. The lowest BCUT2D eigenvalue weighted by Gasteiger charge is -2.16. The largest absolute Gasteiger partial charge is 0.390 e. The average Bonchev–Trinajstić information content (AvgIpc) is 2.35.